The molecular weight excluding hydrogens is 511 g/mol. The van der Waals surface area contributed by atoms with E-state index in [2.05, 4.69) is 20.6 Å². The molecule has 1 saturated heterocycles. The fraction of sp³-hybridized carbons (Fsp3) is 0.300. The lowest BCUT2D eigenvalue weighted by molar-refractivity contribution is -0.138. The first-order valence-corrected chi connectivity index (χ1v) is 13.3. The van der Waals surface area contributed by atoms with Crippen LogP contribution in [0.5, 0.6) is 0 Å². The third kappa shape index (κ3) is 6.17. The number of rotatable bonds is 10. The smallest absolute Gasteiger partial charge is 0.243 e. The minimum Gasteiger partial charge on any atom is -0.354 e. The molecule has 206 valence electrons. The second-order valence-electron chi connectivity index (χ2n) is 9.99. The van der Waals surface area contributed by atoms with Crippen molar-refractivity contribution in [2.75, 3.05) is 18.4 Å². The maximum Gasteiger partial charge on any atom is 0.243 e. The van der Waals surface area contributed by atoms with E-state index < -0.39 is 12.2 Å². The molecule has 4 aromatic rings. The van der Waals surface area contributed by atoms with Gasteiger partial charge in [-0.1, -0.05) is 30.3 Å². The van der Waals surface area contributed by atoms with Crippen LogP contribution in [0.3, 0.4) is 0 Å². The summed E-state index contributed by atoms with van der Waals surface area (Å²) in [6, 6.07) is 14.6. The van der Waals surface area contributed by atoms with Gasteiger partial charge in [0.25, 0.3) is 0 Å². The number of fused-ring (bicyclic) bond motifs is 1. The number of benzene rings is 2. The maximum absolute atomic E-state index is 14.4. The lowest BCUT2D eigenvalue weighted by Gasteiger charge is -2.24. The van der Waals surface area contributed by atoms with Gasteiger partial charge < -0.3 is 20.1 Å². The Morgan fingerprint density at radius 3 is 2.58 bits per heavy atom. The number of hydrogen-bond acceptors (Lipinski definition) is 6. The summed E-state index contributed by atoms with van der Waals surface area (Å²) in [7, 11) is 0. The van der Waals surface area contributed by atoms with E-state index in [4.69, 9.17) is 0 Å². The number of halogens is 1. The zero-order valence-electron chi connectivity index (χ0n) is 22.2. The van der Waals surface area contributed by atoms with Crippen LogP contribution in [-0.2, 0) is 22.6 Å². The molecule has 1 aliphatic rings. The molecule has 40 heavy (non-hydrogen) atoms. The van der Waals surface area contributed by atoms with E-state index in [1.54, 1.807) is 23.2 Å². The van der Waals surface area contributed by atoms with E-state index in [1.807, 2.05) is 48.5 Å². The van der Waals surface area contributed by atoms with E-state index in [0.29, 0.717) is 28.7 Å². The first-order valence-electron chi connectivity index (χ1n) is 13.3. The number of Topliss-reactive ketones (excluding diaryl/α,β-unsaturated/α-hetero) is 1. The van der Waals surface area contributed by atoms with Crippen LogP contribution in [-0.4, -0.2) is 62.3 Å². The number of ketones is 1. The molecule has 0 bridgehead atoms. The maximum atomic E-state index is 14.4. The van der Waals surface area contributed by atoms with Crippen LogP contribution in [0.1, 0.15) is 35.7 Å². The molecule has 2 atom stereocenters. The number of aromatic nitrogens is 3. The first kappa shape index (κ1) is 27.0. The molecule has 0 spiro atoms. The van der Waals surface area contributed by atoms with Crippen LogP contribution < -0.4 is 10.6 Å². The number of hydrogen-bond donors (Lipinski definition) is 2. The molecule has 1 aliphatic heterocycles. The third-order valence-electron chi connectivity index (χ3n) is 7.07. The van der Waals surface area contributed by atoms with E-state index in [1.165, 1.54) is 23.7 Å². The number of likely N-dealkylation sites (tertiary alicyclic amines) is 1. The summed E-state index contributed by atoms with van der Waals surface area (Å²) in [5.41, 5.74) is 3.76. The molecule has 9 nitrogen and oxygen atoms in total. The van der Waals surface area contributed by atoms with Crippen LogP contribution in [0.4, 0.5) is 15.8 Å². The van der Waals surface area contributed by atoms with Gasteiger partial charge in [-0.25, -0.2) is 14.4 Å². The highest BCUT2D eigenvalue weighted by atomic mass is 19.1. The Morgan fingerprint density at radius 1 is 1.05 bits per heavy atom. The molecule has 1 fully saturated rings. The summed E-state index contributed by atoms with van der Waals surface area (Å²) in [5, 5.41) is 6.76. The molecule has 10 heteroatoms. The van der Waals surface area contributed by atoms with Gasteiger partial charge in [0, 0.05) is 41.3 Å². The highest BCUT2D eigenvalue weighted by molar-refractivity contribution is 6.08. The van der Waals surface area contributed by atoms with Crippen molar-refractivity contribution < 1.29 is 18.8 Å². The van der Waals surface area contributed by atoms with E-state index in [-0.39, 0.29) is 37.1 Å². The third-order valence-corrected chi connectivity index (χ3v) is 7.07. The van der Waals surface area contributed by atoms with E-state index in [9.17, 15) is 18.8 Å². The normalized spacial score (nSPS) is 16.7. The van der Waals surface area contributed by atoms with Crippen molar-refractivity contribution >= 4 is 39.9 Å². The minimum absolute atomic E-state index is 0.0282. The molecule has 5 rings (SSSR count). The predicted molar refractivity (Wildman–Crippen MR) is 150 cm³/mol. The summed E-state index contributed by atoms with van der Waals surface area (Å²) in [6.07, 6.45) is 6.61. The summed E-state index contributed by atoms with van der Waals surface area (Å²) in [5.74, 6) is -0.863. The fourth-order valence-electron chi connectivity index (χ4n) is 5.13. The topological polar surface area (TPSA) is 109 Å². The summed E-state index contributed by atoms with van der Waals surface area (Å²) in [4.78, 5) is 48.0. The van der Waals surface area contributed by atoms with Gasteiger partial charge >= 0.3 is 0 Å². The number of nitrogens with zero attached hydrogens (tertiary/aromatic N) is 4. The van der Waals surface area contributed by atoms with Gasteiger partial charge in [0.1, 0.15) is 25.1 Å². The molecule has 2 amide bonds. The van der Waals surface area contributed by atoms with Crippen LogP contribution >= 0.6 is 0 Å². The molecule has 0 aliphatic carbocycles. The van der Waals surface area contributed by atoms with Crippen molar-refractivity contribution in [3.8, 4) is 0 Å². The molecule has 0 saturated carbocycles. The Bertz CT molecular complexity index is 1510. The molecule has 2 aromatic carbocycles. The SMILES string of the molecule is CC(=O)c1cn(CC(=O)N2C[C@H](F)C[C@H]2C(=O)NCCCc2ccccc2)c2ccc(Nc3cncnc3)cc12. The number of alkyl halides is 1. The number of nitrogens with one attached hydrogen (secondary N) is 2. The van der Waals surface area contributed by atoms with Gasteiger partial charge in [-0.3, -0.25) is 14.4 Å². The number of carbonyl (C=O) groups is 3. The largest absolute Gasteiger partial charge is 0.354 e. The number of aryl methyl sites for hydroxylation is 1. The zero-order valence-corrected chi connectivity index (χ0v) is 22.2. The van der Waals surface area contributed by atoms with Crippen molar-refractivity contribution in [3.63, 3.8) is 0 Å². The van der Waals surface area contributed by atoms with Crippen molar-refractivity contribution in [1.82, 2.24) is 24.8 Å². The number of anilines is 2. The molecule has 0 unspecified atom stereocenters. The predicted octanol–water partition coefficient (Wildman–Crippen LogP) is 4.07. The highest BCUT2D eigenvalue weighted by Gasteiger charge is 2.39. The average molecular weight is 543 g/mol. The van der Waals surface area contributed by atoms with Gasteiger partial charge in [0.05, 0.1) is 24.6 Å². The van der Waals surface area contributed by atoms with Gasteiger partial charge in [0.2, 0.25) is 11.8 Å². The van der Waals surface area contributed by atoms with Gasteiger partial charge in [-0.2, -0.15) is 0 Å². The summed E-state index contributed by atoms with van der Waals surface area (Å²) >= 11 is 0. The van der Waals surface area contributed by atoms with Crippen LogP contribution in [0, 0.1) is 0 Å². The number of amides is 2. The van der Waals surface area contributed by atoms with Crippen molar-refractivity contribution in [3.05, 3.63) is 84.6 Å². The zero-order chi connectivity index (χ0) is 28.1. The van der Waals surface area contributed by atoms with Crippen LogP contribution in [0.2, 0.25) is 0 Å². The van der Waals surface area contributed by atoms with Gasteiger partial charge in [0.15, 0.2) is 5.78 Å². The fourth-order valence-corrected chi connectivity index (χ4v) is 5.13. The Hall–Kier alpha value is -4.60. The molecule has 3 heterocycles. The summed E-state index contributed by atoms with van der Waals surface area (Å²) < 4.78 is 16.1. The minimum atomic E-state index is -1.27. The Labute approximate surface area is 231 Å². The van der Waals surface area contributed by atoms with E-state index in [0.717, 1.165) is 18.5 Å². The Morgan fingerprint density at radius 2 is 1.82 bits per heavy atom. The molecule has 2 N–H and O–H groups in total. The quantitative estimate of drug-likeness (QED) is 0.231. The average Bonchev–Trinajstić information content (AvgIpc) is 3.52. The lowest BCUT2D eigenvalue weighted by atomic mass is 10.1. The first-order chi connectivity index (χ1) is 19.4. The Balaban J connectivity index is 1.27. The second-order valence-corrected chi connectivity index (χ2v) is 9.99. The lowest BCUT2D eigenvalue weighted by Crippen LogP contribution is -2.47. The van der Waals surface area contributed by atoms with Crippen LogP contribution in [0.15, 0.2) is 73.4 Å². The Kier molecular flexibility index (Phi) is 8.14. The van der Waals surface area contributed by atoms with Crippen LogP contribution in [0.25, 0.3) is 10.9 Å². The van der Waals surface area contributed by atoms with E-state index >= 15 is 0 Å². The van der Waals surface area contributed by atoms with Gasteiger partial charge in [-0.15, -0.1) is 0 Å². The van der Waals surface area contributed by atoms with Gasteiger partial charge in [-0.05, 0) is 43.5 Å². The standard InChI is InChI=1S/C30H31FN6O3/c1-20(38)26-17-36(27-10-9-23(13-25(26)27)35-24-14-32-19-33-15-24)18-29(39)37-16-22(31)12-28(37)30(40)34-11-5-8-21-6-3-2-4-7-21/h2-4,6-7,9-10,13-15,17,19,22,28,35H,5,8,11-12,16,18H2,1H3,(H,34,40)/t22-,28+/m1/s1. The summed E-state index contributed by atoms with van der Waals surface area (Å²) in [6.45, 7) is 1.66. The molecular formula is C30H31FN6O3. The highest BCUT2D eigenvalue weighted by Crippen LogP contribution is 2.28. The second kappa shape index (κ2) is 12.1. The van der Waals surface area contributed by atoms with Crippen molar-refractivity contribution in [2.24, 2.45) is 0 Å². The monoisotopic (exact) mass is 542 g/mol. The van der Waals surface area contributed by atoms with Crippen molar-refractivity contribution in [1.29, 1.82) is 0 Å². The molecule has 0 radical (unpaired) electrons. The number of carbonyl (C=O) groups excluding carboxylic acids is 3. The van der Waals surface area contributed by atoms with Crippen molar-refractivity contribution in [2.45, 2.75) is 44.9 Å². The molecule has 2 aromatic heterocycles.